The molecule has 1 aliphatic rings. The number of rotatable bonds is 0. The standard InChI is InChI=1S/C10H21N.C2H4O2/c1-10(2,3)8-4-6-9(11)7-5-8;1-2(3)4/h8-9H,4-7,11H2,1-3H3;1H3,(H,3,4). The Morgan fingerprint density at radius 2 is 1.53 bits per heavy atom. The minimum Gasteiger partial charge on any atom is -0.550 e. The van der Waals surface area contributed by atoms with Crippen LogP contribution in [0.2, 0.25) is 0 Å². The number of carboxylic acid groups (broad SMARTS) is 1. The lowest BCUT2D eigenvalue weighted by Gasteiger charge is -2.34. The molecule has 1 saturated carbocycles. The van der Waals surface area contributed by atoms with Crippen LogP contribution in [-0.2, 0) is 4.79 Å². The number of hydrogen-bond donors (Lipinski definition) is 1. The van der Waals surface area contributed by atoms with E-state index in [0.717, 1.165) is 18.9 Å². The van der Waals surface area contributed by atoms with Gasteiger partial charge in [-0.3, -0.25) is 0 Å². The predicted octanol–water partition coefficient (Wildman–Crippen LogP) is 0.589. The van der Waals surface area contributed by atoms with Crippen LogP contribution in [0.5, 0.6) is 0 Å². The lowest BCUT2D eigenvalue weighted by molar-refractivity contribution is -0.427. The van der Waals surface area contributed by atoms with Gasteiger partial charge in [0.15, 0.2) is 0 Å². The summed E-state index contributed by atoms with van der Waals surface area (Å²) in [6, 6.07) is 0.744. The first-order valence-corrected chi connectivity index (χ1v) is 5.74. The van der Waals surface area contributed by atoms with Gasteiger partial charge in [0.05, 0.1) is 6.04 Å². The highest BCUT2D eigenvalue weighted by Gasteiger charge is 2.29. The smallest absolute Gasteiger partial charge is 0.0843 e. The Labute approximate surface area is 93.0 Å². The van der Waals surface area contributed by atoms with Crippen molar-refractivity contribution in [2.45, 2.75) is 59.4 Å². The third kappa shape index (κ3) is 7.37. The summed E-state index contributed by atoms with van der Waals surface area (Å²) in [4.78, 5) is 8.89. The second kappa shape index (κ2) is 6.11. The molecular weight excluding hydrogens is 190 g/mol. The summed E-state index contributed by atoms with van der Waals surface area (Å²) in [6.45, 7) is 8.06. The van der Waals surface area contributed by atoms with E-state index in [9.17, 15) is 0 Å². The molecule has 0 heterocycles. The van der Waals surface area contributed by atoms with E-state index < -0.39 is 5.97 Å². The summed E-state index contributed by atoms with van der Waals surface area (Å²) < 4.78 is 0. The van der Waals surface area contributed by atoms with E-state index in [0.29, 0.717) is 5.41 Å². The van der Waals surface area contributed by atoms with Crippen LogP contribution < -0.4 is 10.8 Å². The fourth-order valence-electron chi connectivity index (χ4n) is 2.03. The summed E-state index contributed by atoms with van der Waals surface area (Å²) in [5.41, 5.74) is 4.64. The van der Waals surface area contributed by atoms with Crippen LogP contribution in [0.1, 0.15) is 53.4 Å². The normalized spacial score (nSPS) is 26.5. The largest absolute Gasteiger partial charge is 0.550 e. The van der Waals surface area contributed by atoms with Crippen molar-refractivity contribution in [3.63, 3.8) is 0 Å². The first kappa shape index (κ1) is 14.4. The maximum atomic E-state index is 8.89. The third-order valence-corrected chi connectivity index (χ3v) is 3.07. The molecule has 0 aromatic rings. The van der Waals surface area contributed by atoms with E-state index in [1.165, 1.54) is 25.7 Å². The molecule has 3 N–H and O–H groups in total. The van der Waals surface area contributed by atoms with Gasteiger partial charge in [-0.2, -0.15) is 0 Å². The highest BCUT2D eigenvalue weighted by molar-refractivity contribution is 5.60. The molecule has 0 radical (unpaired) electrons. The van der Waals surface area contributed by atoms with Crippen molar-refractivity contribution in [2.24, 2.45) is 11.3 Å². The molecule has 0 amide bonds. The molecule has 0 atom stereocenters. The van der Waals surface area contributed by atoms with E-state index in [-0.39, 0.29) is 0 Å². The Morgan fingerprint density at radius 3 is 1.80 bits per heavy atom. The number of aliphatic carboxylic acids is 1. The van der Waals surface area contributed by atoms with Crippen LogP contribution in [0, 0.1) is 11.3 Å². The Bertz CT molecular complexity index is 184. The highest BCUT2D eigenvalue weighted by Crippen LogP contribution is 2.36. The Balaban J connectivity index is 0.000000423. The quantitative estimate of drug-likeness (QED) is 0.642. The molecule has 0 spiro atoms. The molecular formula is C12H25NO2. The van der Waals surface area contributed by atoms with Crippen LogP contribution in [0.4, 0.5) is 0 Å². The molecule has 0 saturated heterocycles. The molecule has 3 heteroatoms. The first-order valence-electron chi connectivity index (χ1n) is 5.74. The molecule has 0 aromatic carbocycles. The van der Waals surface area contributed by atoms with Gasteiger partial charge in [-0.05, 0) is 43.9 Å². The average molecular weight is 215 g/mol. The van der Waals surface area contributed by atoms with E-state index in [2.05, 4.69) is 26.5 Å². The van der Waals surface area contributed by atoms with Gasteiger partial charge in [0.2, 0.25) is 0 Å². The molecule has 0 unspecified atom stereocenters. The van der Waals surface area contributed by atoms with Crippen molar-refractivity contribution in [2.75, 3.05) is 0 Å². The highest BCUT2D eigenvalue weighted by atomic mass is 16.4. The van der Waals surface area contributed by atoms with Gasteiger partial charge in [-0.25, -0.2) is 0 Å². The molecule has 0 aromatic heterocycles. The van der Waals surface area contributed by atoms with Crippen LogP contribution in [-0.4, -0.2) is 12.0 Å². The van der Waals surface area contributed by atoms with Gasteiger partial charge < -0.3 is 15.6 Å². The predicted molar refractivity (Wildman–Crippen MR) is 58.8 cm³/mol. The lowest BCUT2D eigenvalue weighted by Crippen LogP contribution is -2.62. The number of carboxylic acids is 1. The zero-order valence-electron chi connectivity index (χ0n) is 10.5. The molecule has 3 nitrogen and oxygen atoms in total. The van der Waals surface area contributed by atoms with Gasteiger partial charge in [0.1, 0.15) is 0 Å². The number of carbonyl (C=O) groups is 1. The first-order chi connectivity index (χ1) is 6.73. The van der Waals surface area contributed by atoms with Crippen molar-refractivity contribution < 1.29 is 15.6 Å². The minimum absolute atomic E-state index is 0.528. The monoisotopic (exact) mass is 215 g/mol. The molecule has 1 aliphatic carbocycles. The van der Waals surface area contributed by atoms with E-state index >= 15 is 0 Å². The fraction of sp³-hybridized carbons (Fsp3) is 0.917. The van der Waals surface area contributed by atoms with Crippen molar-refractivity contribution in [3.8, 4) is 0 Å². The van der Waals surface area contributed by atoms with Gasteiger partial charge in [-0.15, -0.1) is 0 Å². The van der Waals surface area contributed by atoms with Crippen LogP contribution in [0.3, 0.4) is 0 Å². The van der Waals surface area contributed by atoms with Gasteiger partial charge in [0.25, 0.3) is 0 Å². The zero-order valence-corrected chi connectivity index (χ0v) is 10.5. The summed E-state index contributed by atoms with van der Waals surface area (Å²) in [5.74, 6) is -0.138. The van der Waals surface area contributed by atoms with Gasteiger partial charge in [0, 0.05) is 5.97 Å². The van der Waals surface area contributed by atoms with Crippen LogP contribution >= 0.6 is 0 Å². The van der Waals surface area contributed by atoms with Crippen molar-refractivity contribution in [1.82, 2.24) is 0 Å². The second-order valence-corrected chi connectivity index (χ2v) is 5.58. The average Bonchev–Trinajstić information content (AvgIpc) is 2.01. The topological polar surface area (TPSA) is 67.8 Å². The second-order valence-electron chi connectivity index (χ2n) is 5.58. The lowest BCUT2D eigenvalue weighted by atomic mass is 9.71. The van der Waals surface area contributed by atoms with Crippen LogP contribution in [0.25, 0.3) is 0 Å². The van der Waals surface area contributed by atoms with Crippen molar-refractivity contribution >= 4 is 5.97 Å². The maximum Gasteiger partial charge on any atom is 0.0843 e. The molecule has 1 fully saturated rings. The fourth-order valence-corrected chi connectivity index (χ4v) is 2.03. The molecule has 1 rings (SSSR count). The van der Waals surface area contributed by atoms with Crippen molar-refractivity contribution in [3.05, 3.63) is 0 Å². The van der Waals surface area contributed by atoms with E-state index in [1.807, 2.05) is 0 Å². The zero-order chi connectivity index (χ0) is 12.1. The maximum absolute atomic E-state index is 8.89. The minimum atomic E-state index is -1.08. The molecule has 0 aliphatic heterocycles. The van der Waals surface area contributed by atoms with Gasteiger partial charge >= 0.3 is 0 Å². The summed E-state index contributed by atoms with van der Waals surface area (Å²) in [6.07, 6.45) is 5.50. The van der Waals surface area contributed by atoms with Crippen LogP contribution in [0.15, 0.2) is 0 Å². The molecule has 0 bridgehead atoms. The Morgan fingerprint density at radius 1 is 1.20 bits per heavy atom. The third-order valence-electron chi connectivity index (χ3n) is 3.07. The Hall–Kier alpha value is -0.570. The van der Waals surface area contributed by atoms with Crippen molar-refractivity contribution in [1.29, 1.82) is 0 Å². The van der Waals surface area contributed by atoms with E-state index in [4.69, 9.17) is 9.90 Å². The summed E-state index contributed by atoms with van der Waals surface area (Å²) in [7, 11) is 0. The summed E-state index contributed by atoms with van der Waals surface area (Å²) in [5, 5.41) is 8.89. The van der Waals surface area contributed by atoms with E-state index in [1.54, 1.807) is 0 Å². The molecule has 90 valence electrons. The molecule has 15 heavy (non-hydrogen) atoms. The number of hydrogen-bond acceptors (Lipinski definition) is 2. The number of carbonyl (C=O) groups excluding carboxylic acids is 1. The summed E-state index contributed by atoms with van der Waals surface area (Å²) >= 11 is 0. The Kier molecular flexibility index (Phi) is 5.88. The van der Waals surface area contributed by atoms with Gasteiger partial charge in [-0.1, -0.05) is 20.8 Å². The number of quaternary nitrogens is 1. The SMILES string of the molecule is CC(=O)[O-].CC(C)(C)C1CCC([NH3+])CC1.